The lowest BCUT2D eigenvalue weighted by molar-refractivity contribution is -0.170. The topological polar surface area (TPSA) is 85.0 Å². The molecule has 0 saturated carbocycles. The van der Waals surface area contributed by atoms with Gasteiger partial charge < -0.3 is 0 Å². The third-order valence-electron chi connectivity index (χ3n) is 3.85. The zero-order valence-corrected chi connectivity index (χ0v) is 14.7. The van der Waals surface area contributed by atoms with Crippen LogP contribution < -0.4 is 10.9 Å². The van der Waals surface area contributed by atoms with Gasteiger partial charge in [-0.15, -0.1) is 0 Å². The first-order valence-electron chi connectivity index (χ1n) is 8.11. The SMILES string of the molecule is NN(C(=O)C(F)(F)F)c1nc(C(F)(F)F)nc(-c2ccncc2)c1-c1ccccc1. The van der Waals surface area contributed by atoms with E-state index >= 15 is 0 Å². The van der Waals surface area contributed by atoms with Gasteiger partial charge in [-0.25, -0.2) is 20.8 Å². The second kappa shape index (κ2) is 7.71. The fourth-order valence-corrected chi connectivity index (χ4v) is 2.57. The Kier molecular flexibility index (Phi) is 5.44. The van der Waals surface area contributed by atoms with Crippen molar-refractivity contribution in [2.75, 3.05) is 5.01 Å². The average molecular weight is 427 g/mol. The second-order valence-electron chi connectivity index (χ2n) is 5.87. The highest BCUT2D eigenvalue weighted by Crippen LogP contribution is 2.40. The summed E-state index contributed by atoms with van der Waals surface area (Å²) in [6.45, 7) is 0. The summed E-state index contributed by atoms with van der Waals surface area (Å²) in [5, 5.41) is -0.454. The minimum Gasteiger partial charge on any atom is -0.265 e. The highest BCUT2D eigenvalue weighted by Gasteiger charge is 2.45. The van der Waals surface area contributed by atoms with Crippen LogP contribution in [-0.2, 0) is 11.0 Å². The van der Waals surface area contributed by atoms with Crippen LogP contribution in [0.5, 0.6) is 0 Å². The molecule has 0 saturated heterocycles. The third-order valence-corrected chi connectivity index (χ3v) is 3.85. The second-order valence-corrected chi connectivity index (χ2v) is 5.87. The molecule has 1 amide bonds. The van der Waals surface area contributed by atoms with Crippen molar-refractivity contribution >= 4 is 11.7 Å². The van der Waals surface area contributed by atoms with Crippen molar-refractivity contribution in [3.8, 4) is 22.4 Å². The molecule has 12 heteroatoms. The number of aromatic nitrogens is 3. The minimum atomic E-state index is -5.44. The highest BCUT2D eigenvalue weighted by atomic mass is 19.4. The Hall–Kier alpha value is -3.54. The maximum Gasteiger partial charge on any atom is 0.473 e. The van der Waals surface area contributed by atoms with Crippen LogP contribution in [0.1, 0.15) is 5.82 Å². The molecule has 0 aliphatic heterocycles. The van der Waals surface area contributed by atoms with Gasteiger partial charge in [0.1, 0.15) is 0 Å². The number of carbonyl (C=O) groups excluding carboxylic acids is 1. The van der Waals surface area contributed by atoms with E-state index < -0.39 is 34.9 Å². The van der Waals surface area contributed by atoms with Gasteiger partial charge in [-0.2, -0.15) is 26.3 Å². The summed E-state index contributed by atoms with van der Waals surface area (Å²) in [5.74, 6) is -0.0738. The van der Waals surface area contributed by atoms with Crippen LogP contribution in [0.25, 0.3) is 22.4 Å². The minimum absolute atomic E-state index is 0.103. The number of halogens is 6. The molecule has 30 heavy (non-hydrogen) atoms. The zero-order valence-electron chi connectivity index (χ0n) is 14.7. The highest BCUT2D eigenvalue weighted by molar-refractivity contribution is 6.01. The van der Waals surface area contributed by atoms with Crippen molar-refractivity contribution in [1.29, 1.82) is 0 Å². The van der Waals surface area contributed by atoms with Gasteiger partial charge in [-0.3, -0.25) is 9.78 Å². The van der Waals surface area contributed by atoms with Gasteiger partial charge in [-0.05, 0) is 17.7 Å². The number of hydrogen-bond donors (Lipinski definition) is 1. The summed E-state index contributed by atoms with van der Waals surface area (Å²) in [5.41, 5.74) is -0.398. The van der Waals surface area contributed by atoms with Crippen LogP contribution in [0.15, 0.2) is 54.9 Å². The fraction of sp³-hybridized carbons (Fsp3) is 0.111. The average Bonchev–Trinajstić information content (AvgIpc) is 2.71. The smallest absolute Gasteiger partial charge is 0.265 e. The number of hydrazine groups is 1. The molecule has 6 nitrogen and oxygen atoms in total. The molecular formula is C18H11F6N5O. The third kappa shape index (κ3) is 4.22. The van der Waals surface area contributed by atoms with Crippen LogP contribution in [0.2, 0.25) is 0 Å². The van der Waals surface area contributed by atoms with Crippen LogP contribution >= 0.6 is 0 Å². The quantitative estimate of drug-likeness (QED) is 0.296. The molecule has 0 radical (unpaired) electrons. The number of nitrogens with zero attached hydrogens (tertiary/aromatic N) is 4. The van der Waals surface area contributed by atoms with E-state index in [1.807, 2.05) is 0 Å². The fourth-order valence-electron chi connectivity index (χ4n) is 2.57. The molecular weight excluding hydrogens is 416 g/mol. The van der Waals surface area contributed by atoms with Gasteiger partial charge in [0.05, 0.1) is 11.3 Å². The summed E-state index contributed by atoms with van der Waals surface area (Å²) in [6, 6.07) is 10.0. The normalized spacial score (nSPS) is 12.0. The molecule has 3 rings (SSSR count). The number of nitrogens with two attached hydrogens (primary N) is 1. The lowest BCUT2D eigenvalue weighted by Gasteiger charge is -2.23. The summed E-state index contributed by atoms with van der Waals surface area (Å²) < 4.78 is 79.0. The predicted octanol–water partition coefficient (Wildman–Crippen LogP) is 3.99. The van der Waals surface area contributed by atoms with E-state index in [-0.39, 0.29) is 22.4 Å². The number of benzene rings is 1. The Bertz CT molecular complexity index is 1050. The molecule has 0 aliphatic carbocycles. The van der Waals surface area contributed by atoms with E-state index in [2.05, 4.69) is 15.0 Å². The van der Waals surface area contributed by atoms with Gasteiger partial charge in [0.15, 0.2) is 5.82 Å². The molecule has 2 heterocycles. The Morgan fingerprint density at radius 2 is 1.47 bits per heavy atom. The van der Waals surface area contributed by atoms with Crippen LogP contribution in [0, 0.1) is 0 Å². The lowest BCUT2D eigenvalue weighted by Crippen LogP contribution is -2.47. The van der Waals surface area contributed by atoms with Crippen molar-refractivity contribution in [2.24, 2.45) is 5.84 Å². The van der Waals surface area contributed by atoms with E-state index in [1.54, 1.807) is 6.07 Å². The Morgan fingerprint density at radius 3 is 2.00 bits per heavy atom. The molecule has 0 fully saturated rings. The number of amides is 1. The first-order valence-corrected chi connectivity index (χ1v) is 8.11. The molecule has 0 aliphatic rings. The van der Waals surface area contributed by atoms with Gasteiger partial charge in [0.25, 0.3) is 0 Å². The van der Waals surface area contributed by atoms with E-state index in [0.717, 1.165) is 0 Å². The lowest BCUT2D eigenvalue weighted by atomic mass is 9.99. The number of alkyl halides is 6. The standard InChI is InChI=1S/C18H11F6N5O/c19-17(20,21)15-27-13(11-6-8-26-9-7-11)12(10-4-2-1-3-5-10)14(28-15)29(25)16(30)18(22,23)24/h1-9H,25H2. The number of pyridine rings is 1. The predicted molar refractivity (Wildman–Crippen MR) is 93.4 cm³/mol. The Balaban J connectivity index is 2.40. The monoisotopic (exact) mass is 427 g/mol. The first-order chi connectivity index (χ1) is 14.0. The molecule has 1 aromatic carbocycles. The van der Waals surface area contributed by atoms with E-state index in [9.17, 15) is 31.1 Å². The molecule has 2 aromatic heterocycles. The Morgan fingerprint density at radius 1 is 0.867 bits per heavy atom. The zero-order chi connectivity index (χ0) is 22.1. The molecule has 0 spiro atoms. The first kappa shape index (κ1) is 21.2. The molecule has 156 valence electrons. The van der Waals surface area contributed by atoms with Crippen LogP contribution in [0.4, 0.5) is 32.2 Å². The van der Waals surface area contributed by atoms with Crippen molar-refractivity contribution in [2.45, 2.75) is 12.4 Å². The van der Waals surface area contributed by atoms with E-state index in [1.165, 1.54) is 48.8 Å². The number of rotatable bonds is 3. The van der Waals surface area contributed by atoms with Crippen molar-refractivity contribution in [3.63, 3.8) is 0 Å². The number of anilines is 1. The number of carbonyl (C=O) groups is 1. The van der Waals surface area contributed by atoms with Gasteiger partial charge in [0.2, 0.25) is 5.82 Å². The summed E-state index contributed by atoms with van der Waals surface area (Å²) in [4.78, 5) is 22.1. The number of hydrogen-bond acceptors (Lipinski definition) is 5. The van der Waals surface area contributed by atoms with Crippen molar-refractivity contribution in [3.05, 3.63) is 60.7 Å². The van der Waals surface area contributed by atoms with Crippen LogP contribution in [0.3, 0.4) is 0 Å². The molecule has 3 aromatic rings. The van der Waals surface area contributed by atoms with Gasteiger partial charge in [0, 0.05) is 18.0 Å². The van der Waals surface area contributed by atoms with Gasteiger partial charge >= 0.3 is 18.3 Å². The Labute approximate surface area is 165 Å². The molecule has 0 atom stereocenters. The van der Waals surface area contributed by atoms with Crippen LogP contribution in [-0.4, -0.2) is 27.0 Å². The van der Waals surface area contributed by atoms with Crippen molar-refractivity contribution in [1.82, 2.24) is 15.0 Å². The van der Waals surface area contributed by atoms with Gasteiger partial charge in [-0.1, -0.05) is 30.3 Å². The maximum atomic E-state index is 13.4. The largest absolute Gasteiger partial charge is 0.473 e. The summed E-state index contributed by atoms with van der Waals surface area (Å²) in [6.07, 6.45) is -8.03. The van der Waals surface area contributed by atoms with Crippen molar-refractivity contribution < 1.29 is 31.1 Å². The maximum absolute atomic E-state index is 13.4. The summed E-state index contributed by atoms with van der Waals surface area (Å²) >= 11 is 0. The van der Waals surface area contributed by atoms with E-state index in [0.29, 0.717) is 0 Å². The molecule has 0 unspecified atom stereocenters. The molecule has 0 bridgehead atoms. The summed E-state index contributed by atoms with van der Waals surface area (Å²) in [7, 11) is 0. The molecule has 2 N–H and O–H groups in total. The van der Waals surface area contributed by atoms with E-state index in [4.69, 9.17) is 5.84 Å².